The molecule has 0 aliphatic rings. The van der Waals surface area contributed by atoms with Gasteiger partial charge in [-0.05, 0) is 17.7 Å². The molecule has 0 amide bonds. The third kappa shape index (κ3) is 1.89. The van der Waals surface area contributed by atoms with E-state index in [4.69, 9.17) is 23.2 Å². The van der Waals surface area contributed by atoms with E-state index < -0.39 is 0 Å². The summed E-state index contributed by atoms with van der Waals surface area (Å²) in [5.74, 6) is 0.633. The Balaban J connectivity index is 2.28. The zero-order valence-corrected chi connectivity index (χ0v) is 8.63. The van der Waals surface area contributed by atoms with Crippen LogP contribution >= 0.6 is 23.2 Å². The summed E-state index contributed by atoms with van der Waals surface area (Å²) in [6.07, 6.45) is 1.43. The van der Waals surface area contributed by atoms with Gasteiger partial charge in [0.25, 0.3) is 0 Å². The lowest BCUT2D eigenvalue weighted by molar-refractivity contribution is 0.949. The molecule has 1 aromatic carbocycles. The Hall–Kier alpha value is -1.06. The molecule has 2 rings (SSSR count). The van der Waals surface area contributed by atoms with Crippen LogP contribution in [0, 0.1) is 0 Å². The van der Waals surface area contributed by atoms with Crippen LogP contribution < -0.4 is 0 Å². The standard InChI is InChI=1S/C9H7Cl2N3/c10-7-3-1-6(2-4-7)8(11)9-12-5-13-14-9/h1-5,8H,(H,12,13,14)/t8-/m1/s1. The number of nitrogens with zero attached hydrogens (tertiary/aromatic N) is 2. The Labute approximate surface area is 91.1 Å². The minimum atomic E-state index is -0.310. The molecule has 0 bridgehead atoms. The van der Waals surface area contributed by atoms with E-state index in [1.165, 1.54) is 6.33 Å². The summed E-state index contributed by atoms with van der Waals surface area (Å²) in [5, 5.41) is 6.84. The molecule has 0 fully saturated rings. The van der Waals surface area contributed by atoms with Gasteiger partial charge in [0.2, 0.25) is 0 Å². The quantitative estimate of drug-likeness (QED) is 0.803. The Kier molecular flexibility index (Phi) is 2.70. The topological polar surface area (TPSA) is 41.6 Å². The fourth-order valence-corrected chi connectivity index (χ4v) is 1.50. The third-order valence-corrected chi connectivity index (χ3v) is 2.55. The summed E-state index contributed by atoms with van der Waals surface area (Å²) in [7, 11) is 0. The fraction of sp³-hybridized carbons (Fsp3) is 0.111. The van der Waals surface area contributed by atoms with Crippen LogP contribution in [0.25, 0.3) is 0 Å². The summed E-state index contributed by atoms with van der Waals surface area (Å²) in [6.45, 7) is 0. The lowest BCUT2D eigenvalue weighted by atomic mass is 10.1. The van der Waals surface area contributed by atoms with Gasteiger partial charge in [-0.1, -0.05) is 23.7 Å². The maximum absolute atomic E-state index is 6.15. The maximum atomic E-state index is 6.15. The van der Waals surface area contributed by atoms with E-state index in [1.54, 1.807) is 12.1 Å². The maximum Gasteiger partial charge on any atom is 0.146 e. The first-order chi connectivity index (χ1) is 6.77. The normalized spacial score (nSPS) is 12.7. The second kappa shape index (κ2) is 3.98. The van der Waals surface area contributed by atoms with Crippen LogP contribution in [0.1, 0.15) is 16.8 Å². The Morgan fingerprint density at radius 1 is 1.21 bits per heavy atom. The smallest absolute Gasteiger partial charge is 0.146 e. The molecule has 1 N–H and O–H groups in total. The summed E-state index contributed by atoms with van der Waals surface area (Å²) in [5.41, 5.74) is 0.938. The molecule has 0 aliphatic carbocycles. The summed E-state index contributed by atoms with van der Waals surface area (Å²) in [4.78, 5) is 3.98. The average molecular weight is 228 g/mol. The van der Waals surface area contributed by atoms with Crippen molar-refractivity contribution in [2.75, 3.05) is 0 Å². The van der Waals surface area contributed by atoms with E-state index in [2.05, 4.69) is 15.2 Å². The van der Waals surface area contributed by atoms with Gasteiger partial charge in [0.05, 0.1) is 0 Å². The highest BCUT2D eigenvalue weighted by Gasteiger charge is 2.12. The molecule has 14 heavy (non-hydrogen) atoms. The Morgan fingerprint density at radius 3 is 2.50 bits per heavy atom. The third-order valence-electron chi connectivity index (χ3n) is 1.84. The Morgan fingerprint density at radius 2 is 1.93 bits per heavy atom. The number of halogens is 2. The average Bonchev–Trinajstić information content (AvgIpc) is 2.71. The largest absolute Gasteiger partial charge is 0.262 e. The number of aromatic amines is 1. The molecule has 2 aromatic rings. The van der Waals surface area contributed by atoms with Gasteiger partial charge in [-0.3, -0.25) is 5.10 Å². The molecule has 0 spiro atoms. The van der Waals surface area contributed by atoms with E-state index in [0.717, 1.165) is 5.56 Å². The number of nitrogens with one attached hydrogen (secondary N) is 1. The zero-order chi connectivity index (χ0) is 9.97. The highest BCUT2D eigenvalue weighted by Crippen LogP contribution is 2.26. The summed E-state index contributed by atoms with van der Waals surface area (Å²) < 4.78 is 0. The zero-order valence-electron chi connectivity index (χ0n) is 7.11. The molecule has 0 radical (unpaired) electrons. The minimum Gasteiger partial charge on any atom is -0.262 e. The van der Waals surface area contributed by atoms with E-state index in [1.807, 2.05) is 12.1 Å². The first-order valence-corrected chi connectivity index (χ1v) is 4.83. The van der Waals surface area contributed by atoms with Gasteiger partial charge in [-0.25, -0.2) is 4.98 Å². The van der Waals surface area contributed by atoms with Crippen LogP contribution in [0.15, 0.2) is 30.6 Å². The second-order valence-corrected chi connectivity index (χ2v) is 3.66. The first-order valence-electron chi connectivity index (χ1n) is 4.02. The van der Waals surface area contributed by atoms with Gasteiger partial charge in [-0.15, -0.1) is 11.6 Å². The van der Waals surface area contributed by atoms with Gasteiger partial charge < -0.3 is 0 Å². The van der Waals surface area contributed by atoms with Crippen molar-refractivity contribution >= 4 is 23.2 Å². The Bertz CT molecular complexity index is 397. The number of hydrogen-bond donors (Lipinski definition) is 1. The second-order valence-electron chi connectivity index (χ2n) is 2.78. The van der Waals surface area contributed by atoms with Gasteiger partial charge in [0.15, 0.2) is 0 Å². The number of aromatic nitrogens is 3. The van der Waals surface area contributed by atoms with Gasteiger partial charge in [0.1, 0.15) is 17.5 Å². The van der Waals surface area contributed by atoms with Crippen molar-refractivity contribution in [3.05, 3.63) is 47.0 Å². The molecule has 72 valence electrons. The molecule has 5 heteroatoms. The number of H-pyrrole nitrogens is 1. The van der Waals surface area contributed by atoms with Crippen molar-refractivity contribution in [2.45, 2.75) is 5.38 Å². The first kappa shape index (κ1) is 9.49. The lowest BCUT2D eigenvalue weighted by Gasteiger charge is -2.05. The highest BCUT2D eigenvalue weighted by molar-refractivity contribution is 6.30. The summed E-state index contributed by atoms with van der Waals surface area (Å²) >= 11 is 11.9. The van der Waals surface area contributed by atoms with Crippen LogP contribution in [0.5, 0.6) is 0 Å². The van der Waals surface area contributed by atoms with Crippen LogP contribution in [-0.4, -0.2) is 15.2 Å². The van der Waals surface area contributed by atoms with Crippen LogP contribution in [0.2, 0.25) is 5.02 Å². The van der Waals surface area contributed by atoms with Crippen LogP contribution in [-0.2, 0) is 0 Å². The van der Waals surface area contributed by atoms with E-state index in [-0.39, 0.29) is 5.38 Å². The van der Waals surface area contributed by atoms with Crippen LogP contribution in [0.4, 0.5) is 0 Å². The molecular formula is C9H7Cl2N3. The monoisotopic (exact) mass is 227 g/mol. The number of hydrogen-bond acceptors (Lipinski definition) is 2. The molecule has 0 aliphatic heterocycles. The predicted molar refractivity (Wildman–Crippen MR) is 55.5 cm³/mol. The van der Waals surface area contributed by atoms with Crippen molar-refractivity contribution in [1.29, 1.82) is 0 Å². The molecule has 1 atom stereocenters. The molecule has 0 saturated heterocycles. The van der Waals surface area contributed by atoms with Crippen molar-refractivity contribution in [2.24, 2.45) is 0 Å². The van der Waals surface area contributed by atoms with Gasteiger partial charge >= 0.3 is 0 Å². The number of alkyl halides is 1. The minimum absolute atomic E-state index is 0.310. The van der Waals surface area contributed by atoms with E-state index in [0.29, 0.717) is 10.8 Å². The van der Waals surface area contributed by atoms with Gasteiger partial charge in [0, 0.05) is 5.02 Å². The predicted octanol–water partition coefficient (Wildman–Crippen LogP) is 2.79. The molecular weight excluding hydrogens is 221 g/mol. The van der Waals surface area contributed by atoms with Crippen molar-refractivity contribution in [3.63, 3.8) is 0 Å². The van der Waals surface area contributed by atoms with Gasteiger partial charge in [-0.2, -0.15) is 5.10 Å². The molecule has 0 unspecified atom stereocenters. The fourth-order valence-electron chi connectivity index (χ4n) is 1.13. The van der Waals surface area contributed by atoms with Crippen molar-refractivity contribution in [3.8, 4) is 0 Å². The summed E-state index contributed by atoms with van der Waals surface area (Å²) in [6, 6.07) is 7.32. The van der Waals surface area contributed by atoms with Crippen LogP contribution in [0.3, 0.4) is 0 Å². The van der Waals surface area contributed by atoms with E-state index >= 15 is 0 Å². The van der Waals surface area contributed by atoms with E-state index in [9.17, 15) is 0 Å². The molecule has 0 saturated carbocycles. The van der Waals surface area contributed by atoms with Crippen molar-refractivity contribution < 1.29 is 0 Å². The lowest BCUT2D eigenvalue weighted by Crippen LogP contribution is -1.95. The SMILES string of the molecule is Clc1ccc([C@@H](Cl)c2ncn[nH]2)cc1. The number of benzene rings is 1. The van der Waals surface area contributed by atoms with Crippen molar-refractivity contribution in [1.82, 2.24) is 15.2 Å². The highest BCUT2D eigenvalue weighted by atomic mass is 35.5. The number of rotatable bonds is 2. The molecule has 1 heterocycles. The molecule has 1 aromatic heterocycles. The molecule has 3 nitrogen and oxygen atoms in total.